The lowest BCUT2D eigenvalue weighted by molar-refractivity contribution is -0.253. The first-order valence-electron chi connectivity index (χ1n) is 6.90. The molecule has 19 heavy (non-hydrogen) atoms. The molecule has 104 valence electrons. The largest absolute Gasteiger partial charge is 0.349 e. The maximum absolute atomic E-state index is 5.72. The second kappa shape index (κ2) is 5.44. The Morgan fingerprint density at radius 1 is 1.21 bits per heavy atom. The molecule has 3 nitrogen and oxygen atoms in total. The second-order valence-corrected chi connectivity index (χ2v) is 6.75. The molecule has 0 bridgehead atoms. The predicted molar refractivity (Wildman–Crippen MR) is 77.4 cm³/mol. The molecule has 0 saturated carbocycles. The van der Waals surface area contributed by atoms with E-state index in [1.54, 1.807) is 0 Å². The molecular weight excluding hydrogens is 258 g/mol. The number of thioether (sulfide) groups is 1. The van der Waals surface area contributed by atoms with Crippen LogP contribution in [0.15, 0.2) is 29.2 Å². The molecule has 0 aromatic heterocycles. The molecule has 2 aliphatic rings. The minimum absolute atomic E-state index is 0.286. The van der Waals surface area contributed by atoms with Gasteiger partial charge in [0.2, 0.25) is 0 Å². The van der Waals surface area contributed by atoms with Crippen LogP contribution in [0, 0.1) is 0 Å². The van der Waals surface area contributed by atoms with Crippen LogP contribution >= 0.6 is 11.8 Å². The third kappa shape index (κ3) is 3.14. The fourth-order valence-electron chi connectivity index (χ4n) is 2.59. The smallest absolute Gasteiger partial charge is 0.162 e. The van der Waals surface area contributed by atoms with Crippen LogP contribution in [-0.2, 0) is 9.47 Å². The van der Waals surface area contributed by atoms with Gasteiger partial charge < -0.3 is 14.8 Å². The number of rotatable bonds is 2. The van der Waals surface area contributed by atoms with Gasteiger partial charge in [-0.05, 0) is 37.7 Å². The van der Waals surface area contributed by atoms with Crippen molar-refractivity contribution in [2.75, 3.05) is 19.0 Å². The maximum Gasteiger partial charge on any atom is 0.162 e. The molecule has 1 aromatic rings. The molecular formula is C15H21NO2S. The van der Waals surface area contributed by atoms with Crippen molar-refractivity contribution < 1.29 is 9.47 Å². The van der Waals surface area contributed by atoms with Gasteiger partial charge in [-0.1, -0.05) is 18.2 Å². The minimum Gasteiger partial charge on any atom is -0.349 e. The summed E-state index contributed by atoms with van der Waals surface area (Å²) in [5.74, 6) is 0.743. The Balaban J connectivity index is 1.65. The Morgan fingerprint density at radius 2 is 1.95 bits per heavy atom. The summed E-state index contributed by atoms with van der Waals surface area (Å²) >= 11 is 1.95. The lowest BCUT2D eigenvalue weighted by atomic mass is 10.0. The molecule has 3 rings (SSSR count). The van der Waals surface area contributed by atoms with E-state index in [1.165, 1.54) is 22.6 Å². The number of hydrogen-bond donors (Lipinski definition) is 1. The molecule has 0 spiro atoms. The molecule has 1 unspecified atom stereocenters. The van der Waals surface area contributed by atoms with Crippen molar-refractivity contribution >= 4 is 11.8 Å². The summed E-state index contributed by atoms with van der Waals surface area (Å²) < 4.78 is 11.4. The normalized spacial score (nSPS) is 26.9. The van der Waals surface area contributed by atoms with Crippen molar-refractivity contribution in [2.45, 2.75) is 43.0 Å². The summed E-state index contributed by atoms with van der Waals surface area (Å²) in [6.07, 6.45) is 1.17. The quantitative estimate of drug-likeness (QED) is 0.901. The fourth-order valence-corrected chi connectivity index (χ4v) is 3.71. The topological polar surface area (TPSA) is 30.5 Å². The second-order valence-electron chi connectivity index (χ2n) is 5.61. The van der Waals surface area contributed by atoms with E-state index in [1.807, 2.05) is 25.6 Å². The van der Waals surface area contributed by atoms with Crippen LogP contribution in [0.5, 0.6) is 0 Å². The average Bonchev–Trinajstić information content (AvgIpc) is 2.42. The molecule has 1 N–H and O–H groups in total. The summed E-state index contributed by atoms with van der Waals surface area (Å²) in [5, 5.41) is 3.69. The van der Waals surface area contributed by atoms with Crippen LogP contribution in [0.25, 0.3) is 0 Å². The molecule has 0 radical (unpaired) electrons. The average molecular weight is 279 g/mol. The van der Waals surface area contributed by atoms with Gasteiger partial charge in [0.1, 0.15) is 0 Å². The molecule has 1 saturated heterocycles. The Hall–Kier alpha value is -0.550. The highest BCUT2D eigenvalue weighted by Crippen LogP contribution is 2.36. The van der Waals surface area contributed by atoms with E-state index >= 15 is 0 Å². The molecule has 1 fully saturated rings. The van der Waals surface area contributed by atoms with Crippen LogP contribution in [0.3, 0.4) is 0 Å². The highest BCUT2D eigenvalue weighted by atomic mass is 32.2. The van der Waals surface area contributed by atoms with Gasteiger partial charge in [0, 0.05) is 10.9 Å². The van der Waals surface area contributed by atoms with E-state index in [2.05, 4.69) is 29.6 Å². The van der Waals surface area contributed by atoms with Crippen LogP contribution in [-0.4, -0.2) is 30.8 Å². The van der Waals surface area contributed by atoms with E-state index in [4.69, 9.17) is 9.47 Å². The molecule has 0 aliphatic carbocycles. The van der Waals surface area contributed by atoms with Crippen molar-refractivity contribution in [1.82, 2.24) is 5.32 Å². The summed E-state index contributed by atoms with van der Waals surface area (Å²) in [4.78, 5) is 1.41. The number of benzene rings is 1. The number of fused-ring (bicyclic) bond motifs is 1. The van der Waals surface area contributed by atoms with E-state index in [0.717, 1.165) is 13.2 Å². The zero-order valence-corrected chi connectivity index (χ0v) is 12.3. The zero-order chi connectivity index (χ0) is 13.3. The molecule has 1 atom stereocenters. The number of hydrogen-bond acceptors (Lipinski definition) is 4. The van der Waals surface area contributed by atoms with Gasteiger partial charge in [0.25, 0.3) is 0 Å². The molecule has 2 aliphatic heterocycles. The lowest BCUT2D eigenvalue weighted by Crippen LogP contribution is -2.49. The van der Waals surface area contributed by atoms with E-state index in [9.17, 15) is 0 Å². The lowest BCUT2D eigenvalue weighted by Gasteiger charge is -2.38. The van der Waals surface area contributed by atoms with Gasteiger partial charge in [-0.25, -0.2) is 0 Å². The summed E-state index contributed by atoms with van der Waals surface area (Å²) in [6, 6.07) is 9.39. The number of nitrogens with one attached hydrogen (secondary N) is 1. The first-order valence-corrected chi connectivity index (χ1v) is 7.88. The van der Waals surface area contributed by atoms with E-state index < -0.39 is 5.79 Å². The fraction of sp³-hybridized carbons (Fsp3) is 0.600. The van der Waals surface area contributed by atoms with Crippen molar-refractivity contribution in [3.8, 4) is 0 Å². The summed E-state index contributed by atoms with van der Waals surface area (Å²) in [7, 11) is 0. The van der Waals surface area contributed by atoms with Crippen molar-refractivity contribution in [1.29, 1.82) is 0 Å². The molecule has 4 heteroatoms. The standard InChI is InChI=1S/C15H21NO2S/c1-15(2)17-9-11(10-18-15)16-13-7-8-19-14-6-4-3-5-12(13)14/h3-6,11,13,16H,7-10H2,1-2H3. The third-order valence-corrected chi connectivity index (χ3v) is 4.78. The minimum atomic E-state index is -0.432. The van der Waals surface area contributed by atoms with Crippen molar-refractivity contribution in [3.05, 3.63) is 29.8 Å². The van der Waals surface area contributed by atoms with Crippen molar-refractivity contribution in [3.63, 3.8) is 0 Å². The monoisotopic (exact) mass is 279 g/mol. The highest BCUT2D eigenvalue weighted by molar-refractivity contribution is 7.99. The van der Waals surface area contributed by atoms with Crippen LogP contribution in [0.2, 0.25) is 0 Å². The SMILES string of the molecule is CC1(C)OCC(NC2CCSc3ccccc32)CO1. The predicted octanol–water partition coefficient (Wildman–Crippen LogP) is 2.96. The van der Waals surface area contributed by atoms with Crippen LogP contribution in [0.1, 0.15) is 31.9 Å². The Kier molecular flexibility index (Phi) is 3.85. The maximum atomic E-state index is 5.72. The Morgan fingerprint density at radius 3 is 2.74 bits per heavy atom. The van der Waals surface area contributed by atoms with Gasteiger partial charge in [0.15, 0.2) is 5.79 Å². The van der Waals surface area contributed by atoms with Gasteiger partial charge >= 0.3 is 0 Å². The highest BCUT2D eigenvalue weighted by Gasteiger charge is 2.30. The number of ether oxygens (including phenoxy) is 2. The van der Waals surface area contributed by atoms with E-state index in [0.29, 0.717) is 6.04 Å². The zero-order valence-electron chi connectivity index (χ0n) is 11.5. The summed E-state index contributed by atoms with van der Waals surface area (Å²) in [6.45, 7) is 5.38. The Labute approximate surface area is 119 Å². The molecule has 1 aromatic carbocycles. The van der Waals surface area contributed by atoms with E-state index in [-0.39, 0.29) is 6.04 Å². The summed E-state index contributed by atoms with van der Waals surface area (Å²) in [5.41, 5.74) is 1.42. The van der Waals surface area contributed by atoms with Gasteiger partial charge in [-0.15, -0.1) is 11.8 Å². The van der Waals surface area contributed by atoms with Gasteiger partial charge in [-0.3, -0.25) is 0 Å². The van der Waals surface area contributed by atoms with Crippen molar-refractivity contribution in [2.24, 2.45) is 0 Å². The molecule has 0 amide bonds. The van der Waals surface area contributed by atoms with Crippen LogP contribution < -0.4 is 5.32 Å². The van der Waals surface area contributed by atoms with Crippen LogP contribution in [0.4, 0.5) is 0 Å². The first kappa shape index (κ1) is 13.4. The van der Waals surface area contributed by atoms with Gasteiger partial charge in [0.05, 0.1) is 19.3 Å². The Bertz CT molecular complexity index is 440. The molecule has 2 heterocycles. The van der Waals surface area contributed by atoms with Gasteiger partial charge in [-0.2, -0.15) is 0 Å². The third-order valence-electron chi connectivity index (χ3n) is 3.66. The first-order chi connectivity index (χ1) is 9.14.